The Morgan fingerprint density at radius 2 is 2.10 bits per heavy atom. The lowest BCUT2D eigenvalue weighted by Crippen LogP contribution is -2.38. The molecular weight excluding hydrogens is 386 g/mol. The number of benzene rings is 1. The third-order valence-corrected chi connectivity index (χ3v) is 6.29. The molecule has 1 aromatic carbocycles. The van der Waals surface area contributed by atoms with Crippen LogP contribution in [0.2, 0.25) is 0 Å². The first-order valence-electron chi connectivity index (χ1n) is 9.84. The van der Waals surface area contributed by atoms with Crippen molar-refractivity contribution in [2.24, 2.45) is 0 Å². The minimum absolute atomic E-state index is 0.134. The van der Waals surface area contributed by atoms with Gasteiger partial charge in [0.05, 0.1) is 5.52 Å². The fraction of sp³-hybridized carbons (Fsp3) is 0.333. The Balaban J connectivity index is 1.55. The van der Waals surface area contributed by atoms with Crippen molar-refractivity contribution < 1.29 is 9.53 Å². The number of aromatic nitrogens is 4. The summed E-state index contributed by atoms with van der Waals surface area (Å²) in [6, 6.07) is 8.40. The van der Waals surface area contributed by atoms with Gasteiger partial charge in [0, 0.05) is 30.8 Å². The van der Waals surface area contributed by atoms with Gasteiger partial charge in [-0.3, -0.25) is 9.36 Å². The molecule has 8 heteroatoms. The number of ether oxygens (including phenoxy) is 1. The van der Waals surface area contributed by atoms with E-state index in [1.807, 2.05) is 12.1 Å². The first-order valence-corrected chi connectivity index (χ1v) is 10.7. The molecule has 0 aliphatic carbocycles. The molecule has 7 nitrogen and oxygen atoms in total. The Kier molecular flexibility index (Phi) is 4.73. The highest BCUT2D eigenvalue weighted by Crippen LogP contribution is 2.29. The molecule has 29 heavy (non-hydrogen) atoms. The van der Waals surface area contributed by atoms with Crippen molar-refractivity contribution in [3.05, 3.63) is 47.4 Å². The fourth-order valence-corrected chi connectivity index (χ4v) is 4.62. The SMILES string of the molecule is CCc1cn(-c2ncnc3sc(C(=O)NC4CCOCC4)nc23)c2ccccc12. The molecule has 0 saturated carbocycles. The Morgan fingerprint density at radius 1 is 1.28 bits per heavy atom. The molecule has 148 valence electrons. The van der Waals surface area contributed by atoms with Crippen molar-refractivity contribution in [1.82, 2.24) is 24.8 Å². The summed E-state index contributed by atoms with van der Waals surface area (Å²) in [5.41, 5.74) is 2.98. The van der Waals surface area contributed by atoms with Gasteiger partial charge in [-0.1, -0.05) is 36.5 Å². The monoisotopic (exact) mass is 407 g/mol. The van der Waals surface area contributed by atoms with Crippen molar-refractivity contribution in [1.29, 1.82) is 0 Å². The van der Waals surface area contributed by atoms with Gasteiger partial charge >= 0.3 is 0 Å². The molecule has 4 heterocycles. The lowest BCUT2D eigenvalue weighted by Gasteiger charge is -2.22. The number of para-hydroxylation sites is 1. The predicted octanol–water partition coefficient (Wildman–Crippen LogP) is 3.50. The quantitative estimate of drug-likeness (QED) is 0.560. The number of thiazole rings is 1. The van der Waals surface area contributed by atoms with Gasteiger partial charge in [-0.15, -0.1) is 0 Å². The number of fused-ring (bicyclic) bond motifs is 2. The van der Waals surface area contributed by atoms with Crippen molar-refractivity contribution in [3.8, 4) is 5.82 Å². The largest absolute Gasteiger partial charge is 0.381 e. The molecule has 0 radical (unpaired) electrons. The zero-order chi connectivity index (χ0) is 19.8. The van der Waals surface area contributed by atoms with E-state index in [-0.39, 0.29) is 11.9 Å². The van der Waals surface area contributed by atoms with E-state index in [1.54, 1.807) is 0 Å². The Hall–Kier alpha value is -2.84. The second-order valence-corrected chi connectivity index (χ2v) is 8.10. The minimum atomic E-state index is -0.155. The van der Waals surface area contributed by atoms with Gasteiger partial charge in [0.1, 0.15) is 16.7 Å². The smallest absolute Gasteiger partial charge is 0.280 e. The molecule has 1 aliphatic heterocycles. The van der Waals surface area contributed by atoms with Crippen molar-refractivity contribution in [3.63, 3.8) is 0 Å². The number of carbonyl (C=O) groups excluding carboxylic acids is 1. The van der Waals surface area contributed by atoms with Gasteiger partial charge in [-0.25, -0.2) is 15.0 Å². The van der Waals surface area contributed by atoms with Crippen LogP contribution in [0.25, 0.3) is 27.1 Å². The van der Waals surface area contributed by atoms with Crippen LogP contribution in [0, 0.1) is 0 Å². The second-order valence-electron chi connectivity index (χ2n) is 7.13. The number of nitrogens with one attached hydrogen (secondary N) is 1. The van der Waals surface area contributed by atoms with Crippen LogP contribution in [-0.4, -0.2) is 44.7 Å². The highest BCUT2D eigenvalue weighted by atomic mass is 32.1. The number of carbonyl (C=O) groups is 1. The zero-order valence-electron chi connectivity index (χ0n) is 16.1. The standard InChI is InChI=1S/C21H21N5O2S/c1-2-13-11-26(16-6-4-3-5-15(13)16)18-17-20(23-12-22-18)29-21(25-17)19(27)24-14-7-9-28-10-8-14/h3-6,11-12,14H,2,7-10H2,1H3,(H,24,27). The van der Waals surface area contributed by atoms with Gasteiger partial charge in [0.25, 0.3) is 5.91 Å². The maximum Gasteiger partial charge on any atom is 0.280 e. The van der Waals surface area contributed by atoms with Gasteiger partial charge < -0.3 is 10.1 Å². The molecular formula is C21H21N5O2S. The maximum absolute atomic E-state index is 12.7. The summed E-state index contributed by atoms with van der Waals surface area (Å²) in [6.07, 6.45) is 6.23. The van der Waals surface area contributed by atoms with E-state index >= 15 is 0 Å². The van der Waals surface area contributed by atoms with E-state index < -0.39 is 0 Å². The van der Waals surface area contributed by atoms with E-state index in [0.717, 1.165) is 24.8 Å². The van der Waals surface area contributed by atoms with E-state index in [1.165, 1.54) is 28.6 Å². The number of hydrogen-bond acceptors (Lipinski definition) is 6. The molecule has 1 aliphatic rings. The summed E-state index contributed by atoms with van der Waals surface area (Å²) in [5.74, 6) is 0.546. The van der Waals surface area contributed by atoms with Crippen molar-refractivity contribution in [2.75, 3.05) is 13.2 Å². The molecule has 0 spiro atoms. The molecule has 0 atom stereocenters. The predicted molar refractivity (Wildman–Crippen MR) is 113 cm³/mol. The maximum atomic E-state index is 12.7. The normalized spacial score (nSPS) is 15.2. The molecule has 0 bridgehead atoms. The number of nitrogens with zero attached hydrogens (tertiary/aromatic N) is 4. The summed E-state index contributed by atoms with van der Waals surface area (Å²) < 4.78 is 7.41. The fourth-order valence-electron chi connectivity index (χ4n) is 3.81. The summed E-state index contributed by atoms with van der Waals surface area (Å²) in [6.45, 7) is 3.50. The lowest BCUT2D eigenvalue weighted by molar-refractivity contribution is 0.0696. The molecule has 0 unspecified atom stereocenters. The van der Waals surface area contributed by atoms with Crippen LogP contribution in [0.3, 0.4) is 0 Å². The van der Waals surface area contributed by atoms with E-state index in [0.29, 0.717) is 34.4 Å². The van der Waals surface area contributed by atoms with Crippen LogP contribution in [-0.2, 0) is 11.2 Å². The average molecular weight is 407 g/mol. The van der Waals surface area contributed by atoms with E-state index in [2.05, 4.69) is 50.1 Å². The Morgan fingerprint density at radius 3 is 2.93 bits per heavy atom. The molecule has 4 aromatic rings. The molecule has 1 amide bonds. The lowest BCUT2D eigenvalue weighted by atomic mass is 10.1. The number of rotatable bonds is 4. The van der Waals surface area contributed by atoms with Gasteiger partial charge in [0.15, 0.2) is 10.8 Å². The van der Waals surface area contributed by atoms with E-state index in [4.69, 9.17) is 4.74 Å². The van der Waals surface area contributed by atoms with Crippen LogP contribution in [0.5, 0.6) is 0 Å². The molecule has 1 fully saturated rings. The molecule has 1 N–H and O–H groups in total. The van der Waals surface area contributed by atoms with Crippen LogP contribution in [0.1, 0.15) is 35.1 Å². The summed E-state index contributed by atoms with van der Waals surface area (Å²) in [5, 5.41) is 4.69. The van der Waals surface area contributed by atoms with Crippen molar-refractivity contribution in [2.45, 2.75) is 32.2 Å². The van der Waals surface area contributed by atoms with Gasteiger partial charge in [-0.05, 0) is 30.9 Å². The van der Waals surface area contributed by atoms with Crippen molar-refractivity contribution >= 4 is 38.5 Å². The van der Waals surface area contributed by atoms with E-state index in [9.17, 15) is 4.79 Å². The topological polar surface area (TPSA) is 81.9 Å². The first kappa shape index (κ1) is 18.2. The zero-order valence-corrected chi connectivity index (χ0v) is 16.9. The number of hydrogen-bond donors (Lipinski definition) is 1. The average Bonchev–Trinajstić information content (AvgIpc) is 3.36. The highest BCUT2D eigenvalue weighted by molar-refractivity contribution is 7.19. The Bertz CT molecular complexity index is 1190. The van der Waals surface area contributed by atoms with Crippen LogP contribution in [0.4, 0.5) is 0 Å². The molecule has 1 saturated heterocycles. The van der Waals surface area contributed by atoms with Crippen LogP contribution >= 0.6 is 11.3 Å². The molecule has 5 rings (SSSR count). The second kappa shape index (κ2) is 7.53. The highest BCUT2D eigenvalue weighted by Gasteiger charge is 2.22. The summed E-state index contributed by atoms with van der Waals surface area (Å²) in [4.78, 5) is 26.9. The summed E-state index contributed by atoms with van der Waals surface area (Å²) in [7, 11) is 0. The van der Waals surface area contributed by atoms with Gasteiger partial charge in [-0.2, -0.15) is 0 Å². The van der Waals surface area contributed by atoms with Gasteiger partial charge in [0.2, 0.25) is 0 Å². The third kappa shape index (κ3) is 3.28. The van der Waals surface area contributed by atoms with Crippen LogP contribution < -0.4 is 5.32 Å². The van der Waals surface area contributed by atoms with Crippen LogP contribution in [0.15, 0.2) is 36.8 Å². The number of amides is 1. The number of aryl methyl sites for hydroxylation is 1. The first-order chi connectivity index (χ1) is 14.2. The molecule has 3 aromatic heterocycles. The Labute approximate surface area is 171 Å². The minimum Gasteiger partial charge on any atom is -0.381 e. The third-order valence-electron chi connectivity index (χ3n) is 5.33. The summed E-state index contributed by atoms with van der Waals surface area (Å²) >= 11 is 1.30.